The molecule has 7 heteroatoms. The van der Waals surface area contributed by atoms with E-state index in [1.165, 1.54) is 11.1 Å². The van der Waals surface area contributed by atoms with Crippen molar-refractivity contribution in [1.29, 1.82) is 0 Å². The van der Waals surface area contributed by atoms with Crippen LogP contribution in [0.15, 0.2) is 55.0 Å². The first-order valence-corrected chi connectivity index (χ1v) is 9.10. The Hall–Kier alpha value is -3.12. The third kappa shape index (κ3) is 2.78. The van der Waals surface area contributed by atoms with Crippen molar-refractivity contribution >= 4 is 23.2 Å². The maximum Gasteiger partial charge on any atom is 0.210 e. The number of hydrogen-bond donors (Lipinski definition) is 1. The van der Waals surface area contributed by atoms with Gasteiger partial charge in [-0.25, -0.2) is 4.98 Å². The molecule has 4 aromatic rings. The van der Waals surface area contributed by atoms with E-state index in [0.29, 0.717) is 23.2 Å². The number of benzene rings is 2. The molecular formula is C20H16ClN5O. The van der Waals surface area contributed by atoms with E-state index < -0.39 is 0 Å². The molecule has 5 rings (SSSR count). The Kier molecular flexibility index (Phi) is 3.90. The van der Waals surface area contributed by atoms with Gasteiger partial charge >= 0.3 is 0 Å². The molecule has 1 aliphatic heterocycles. The van der Waals surface area contributed by atoms with Gasteiger partial charge < -0.3 is 10.1 Å². The first-order valence-electron chi connectivity index (χ1n) is 8.72. The third-order valence-corrected chi connectivity index (χ3v) is 5.10. The lowest BCUT2D eigenvalue weighted by molar-refractivity contribution is 0.357. The first kappa shape index (κ1) is 16.1. The van der Waals surface area contributed by atoms with Gasteiger partial charge in [-0.2, -0.15) is 0 Å². The minimum absolute atomic E-state index is 0.651. The van der Waals surface area contributed by atoms with Gasteiger partial charge in [0.25, 0.3) is 0 Å². The summed E-state index contributed by atoms with van der Waals surface area (Å²) in [6.07, 6.45) is 4.38. The van der Waals surface area contributed by atoms with Gasteiger partial charge in [0.1, 0.15) is 12.1 Å². The highest BCUT2D eigenvalue weighted by Gasteiger charge is 2.17. The van der Waals surface area contributed by atoms with Gasteiger partial charge in [-0.1, -0.05) is 41.9 Å². The van der Waals surface area contributed by atoms with E-state index in [-0.39, 0.29) is 0 Å². The number of halogens is 1. The number of fused-ring (bicyclic) bond motifs is 2. The molecule has 27 heavy (non-hydrogen) atoms. The van der Waals surface area contributed by atoms with Crippen LogP contribution in [0.1, 0.15) is 11.1 Å². The molecule has 0 aliphatic carbocycles. The average Bonchev–Trinajstić information content (AvgIpc) is 3.36. The second kappa shape index (κ2) is 6.55. The molecule has 2 aromatic carbocycles. The highest BCUT2D eigenvalue weighted by molar-refractivity contribution is 6.33. The summed E-state index contributed by atoms with van der Waals surface area (Å²) in [5, 5.41) is 12.4. The second-order valence-corrected chi connectivity index (χ2v) is 6.75. The van der Waals surface area contributed by atoms with E-state index in [1.54, 1.807) is 12.5 Å². The third-order valence-electron chi connectivity index (χ3n) is 4.77. The van der Waals surface area contributed by atoms with Crippen LogP contribution in [0.2, 0.25) is 5.02 Å². The fourth-order valence-electron chi connectivity index (χ4n) is 3.45. The van der Waals surface area contributed by atoms with Crippen molar-refractivity contribution in [2.24, 2.45) is 0 Å². The summed E-state index contributed by atoms with van der Waals surface area (Å²) < 4.78 is 7.49. The molecule has 3 heterocycles. The van der Waals surface area contributed by atoms with Crippen molar-refractivity contribution in [3.8, 4) is 16.9 Å². The lowest BCUT2D eigenvalue weighted by atomic mass is 10.1. The first-order chi connectivity index (χ1) is 13.3. The molecule has 0 unspecified atom stereocenters. The lowest BCUT2D eigenvalue weighted by Gasteiger charge is -2.12. The van der Waals surface area contributed by atoms with Crippen LogP contribution in [0.3, 0.4) is 0 Å². The molecule has 1 N–H and O–H groups in total. The van der Waals surface area contributed by atoms with E-state index in [0.717, 1.165) is 29.9 Å². The highest BCUT2D eigenvalue weighted by Crippen LogP contribution is 2.31. The van der Waals surface area contributed by atoms with Crippen molar-refractivity contribution in [1.82, 2.24) is 19.6 Å². The van der Waals surface area contributed by atoms with E-state index in [9.17, 15) is 0 Å². The number of anilines is 1. The Morgan fingerprint density at radius 1 is 1.11 bits per heavy atom. The Balaban J connectivity index is 1.49. The number of hydrogen-bond acceptors (Lipinski definition) is 5. The predicted octanol–water partition coefficient (Wildman–Crippen LogP) is 3.99. The zero-order valence-corrected chi connectivity index (χ0v) is 15.1. The van der Waals surface area contributed by atoms with Crippen molar-refractivity contribution < 1.29 is 4.74 Å². The minimum atomic E-state index is 0.651. The normalized spacial score (nSPS) is 12.8. The number of rotatable bonds is 4. The minimum Gasteiger partial charge on any atom is -0.493 e. The van der Waals surface area contributed by atoms with Crippen LogP contribution in [-0.2, 0) is 13.0 Å². The van der Waals surface area contributed by atoms with Crippen molar-refractivity contribution in [2.45, 2.75) is 13.0 Å². The Morgan fingerprint density at radius 2 is 2.04 bits per heavy atom. The van der Waals surface area contributed by atoms with Crippen LogP contribution in [-0.4, -0.2) is 26.2 Å². The van der Waals surface area contributed by atoms with Crippen LogP contribution in [0.5, 0.6) is 5.75 Å². The van der Waals surface area contributed by atoms with E-state index in [2.05, 4.69) is 26.6 Å². The molecule has 0 saturated heterocycles. The van der Waals surface area contributed by atoms with Gasteiger partial charge in [0.2, 0.25) is 5.95 Å². The Bertz CT molecular complexity index is 1140. The van der Waals surface area contributed by atoms with Crippen molar-refractivity contribution in [3.05, 3.63) is 71.1 Å². The zero-order chi connectivity index (χ0) is 18.2. The molecule has 0 saturated carbocycles. The fraction of sp³-hybridized carbons (Fsp3) is 0.150. The standard InChI is InChI=1S/C20H16ClN5O/c21-17-6-2-1-5-15(17)16-11-23-20(26-12-24-25-19(16)26)22-10-13-4-3-7-18-14(13)8-9-27-18/h1-7,11-12H,8-10H2,(H,22,23). The molecule has 0 radical (unpaired) electrons. The highest BCUT2D eigenvalue weighted by atomic mass is 35.5. The molecule has 1 aliphatic rings. The maximum absolute atomic E-state index is 6.35. The number of nitrogens with zero attached hydrogens (tertiary/aromatic N) is 4. The smallest absolute Gasteiger partial charge is 0.210 e. The average molecular weight is 378 g/mol. The molecule has 0 amide bonds. The summed E-state index contributed by atoms with van der Waals surface area (Å²) in [5.41, 5.74) is 4.91. The summed E-state index contributed by atoms with van der Waals surface area (Å²) in [7, 11) is 0. The summed E-state index contributed by atoms with van der Waals surface area (Å²) in [4.78, 5) is 4.59. The van der Waals surface area contributed by atoms with Crippen LogP contribution >= 0.6 is 11.6 Å². The van der Waals surface area contributed by atoms with Gasteiger partial charge in [0.05, 0.1) is 6.61 Å². The van der Waals surface area contributed by atoms with Crippen LogP contribution in [0, 0.1) is 0 Å². The summed E-state index contributed by atoms with van der Waals surface area (Å²) in [5.74, 6) is 1.66. The molecular weight excluding hydrogens is 362 g/mol. The molecule has 0 spiro atoms. The van der Waals surface area contributed by atoms with Gasteiger partial charge in [0, 0.05) is 40.9 Å². The predicted molar refractivity (Wildman–Crippen MR) is 104 cm³/mol. The lowest BCUT2D eigenvalue weighted by Crippen LogP contribution is -2.08. The number of ether oxygens (including phenoxy) is 1. The van der Waals surface area contributed by atoms with E-state index in [4.69, 9.17) is 16.3 Å². The van der Waals surface area contributed by atoms with Gasteiger partial charge in [-0.15, -0.1) is 10.2 Å². The van der Waals surface area contributed by atoms with Gasteiger partial charge in [-0.3, -0.25) is 4.40 Å². The fourth-order valence-corrected chi connectivity index (χ4v) is 3.69. The molecule has 6 nitrogen and oxygen atoms in total. The summed E-state index contributed by atoms with van der Waals surface area (Å²) in [6, 6.07) is 13.8. The molecule has 2 aromatic heterocycles. The molecule has 0 bridgehead atoms. The molecule has 0 atom stereocenters. The SMILES string of the molecule is Clc1ccccc1-c1cnc(NCc2cccc3c2CCO3)n2cnnc12. The largest absolute Gasteiger partial charge is 0.493 e. The van der Waals surface area contributed by atoms with Crippen molar-refractivity contribution in [2.75, 3.05) is 11.9 Å². The Labute approximate surface area is 160 Å². The summed E-state index contributed by atoms with van der Waals surface area (Å²) in [6.45, 7) is 1.39. The Morgan fingerprint density at radius 3 is 2.96 bits per heavy atom. The van der Waals surface area contributed by atoms with E-state index in [1.807, 2.05) is 40.8 Å². The monoisotopic (exact) mass is 377 g/mol. The van der Waals surface area contributed by atoms with Crippen LogP contribution in [0.25, 0.3) is 16.8 Å². The van der Waals surface area contributed by atoms with Gasteiger partial charge in [0.15, 0.2) is 5.65 Å². The quantitative estimate of drug-likeness (QED) is 0.582. The van der Waals surface area contributed by atoms with Crippen LogP contribution in [0.4, 0.5) is 5.95 Å². The second-order valence-electron chi connectivity index (χ2n) is 6.35. The number of nitrogens with one attached hydrogen (secondary N) is 1. The molecule has 0 fully saturated rings. The van der Waals surface area contributed by atoms with Gasteiger partial charge in [-0.05, 0) is 17.7 Å². The summed E-state index contributed by atoms with van der Waals surface area (Å²) >= 11 is 6.35. The molecule has 134 valence electrons. The zero-order valence-electron chi connectivity index (χ0n) is 14.4. The topological polar surface area (TPSA) is 64.3 Å². The maximum atomic E-state index is 6.35. The number of aromatic nitrogens is 4. The van der Waals surface area contributed by atoms with Crippen LogP contribution < -0.4 is 10.1 Å². The van der Waals surface area contributed by atoms with Crippen molar-refractivity contribution in [3.63, 3.8) is 0 Å². The van der Waals surface area contributed by atoms with E-state index >= 15 is 0 Å².